The maximum atomic E-state index is 14.2. The topological polar surface area (TPSA) is 151 Å². The van der Waals surface area contributed by atoms with E-state index in [1.54, 1.807) is 24.5 Å². The van der Waals surface area contributed by atoms with Crippen LogP contribution in [-0.2, 0) is 25.8 Å². The van der Waals surface area contributed by atoms with Gasteiger partial charge in [-0.1, -0.05) is 45.5 Å². The van der Waals surface area contributed by atoms with Crippen molar-refractivity contribution in [2.24, 2.45) is 11.3 Å². The van der Waals surface area contributed by atoms with E-state index in [0.717, 1.165) is 66.6 Å². The van der Waals surface area contributed by atoms with Crippen LogP contribution in [0, 0.1) is 11.3 Å². The molecule has 2 atom stereocenters. The van der Waals surface area contributed by atoms with Gasteiger partial charge in [0.2, 0.25) is 17.7 Å². The molecule has 2 aliphatic rings. The van der Waals surface area contributed by atoms with Gasteiger partial charge in [-0.2, -0.15) is 0 Å². The molecule has 4 aromatic rings. The normalized spacial score (nSPS) is 17.0. The van der Waals surface area contributed by atoms with Crippen LogP contribution in [0.25, 0.3) is 33.6 Å². The van der Waals surface area contributed by atoms with E-state index in [4.69, 9.17) is 28.6 Å². The molecule has 58 heavy (non-hydrogen) atoms. The van der Waals surface area contributed by atoms with E-state index in [1.807, 2.05) is 62.7 Å². The van der Waals surface area contributed by atoms with Crippen molar-refractivity contribution < 1.29 is 33.0 Å². The third-order valence-corrected chi connectivity index (χ3v) is 13.1. The molecule has 1 aliphatic carbocycles. The van der Waals surface area contributed by atoms with Gasteiger partial charge in [0.1, 0.15) is 30.2 Å². The summed E-state index contributed by atoms with van der Waals surface area (Å²) in [5.74, 6) is 1.78. The molecule has 0 bridgehead atoms. The van der Waals surface area contributed by atoms with Crippen molar-refractivity contribution in [3.63, 3.8) is 0 Å². The number of fused-ring (bicyclic) bond motifs is 1. The maximum absolute atomic E-state index is 14.2. The van der Waals surface area contributed by atoms with E-state index in [9.17, 15) is 14.4 Å². The number of Topliss-reactive ketones (excluding diaryl/α,β-unsaturated/α-hetero) is 1. The highest BCUT2D eigenvalue weighted by Gasteiger charge is 2.59. The van der Waals surface area contributed by atoms with Crippen LogP contribution in [-0.4, -0.2) is 82.7 Å². The second kappa shape index (κ2) is 18.1. The molecule has 2 fully saturated rings. The molecule has 314 valence electrons. The number of piperidine rings is 1. The zero-order chi connectivity index (χ0) is 41.7. The largest absolute Gasteiger partial charge is 0.480 e. The minimum Gasteiger partial charge on any atom is -0.480 e. The summed E-state index contributed by atoms with van der Waals surface area (Å²) < 4.78 is 25.3. The Balaban J connectivity index is 1.27. The minimum atomic E-state index is -1.34. The summed E-state index contributed by atoms with van der Waals surface area (Å²) >= 11 is 0. The number of nitrogens with zero attached hydrogens (tertiary/aromatic N) is 5. The summed E-state index contributed by atoms with van der Waals surface area (Å²) in [5.41, 5.74) is 2.25. The van der Waals surface area contributed by atoms with Gasteiger partial charge in [0.15, 0.2) is 0 Å². The Morgan fingerprint density at radius 3 is 2.52 bits per heavy atom. The third-order valence-electron chi connectivity index (χ3n) is 11.4. The second-order valence-corrected chi connectivity index (χ2v) is 23.9. The zero-order valence-electron chi connectivity index (χ0n) is 35.7. The number of unbranched alkanes of at least 4 members (excludes halogenated alkanes) is 2. The van der Waals surface area contributed by atoms with Crippen molar-refractivity contribution in [1.29, 1.82) is 0 Å². The number of ether oxygens (including phenoxy) is 3. The Kier molecular flexibility index (Phi) is 13.5. The molecule has 4 heterocycles. The van der Waals surface area contributed by atoms with Crippen molar-refractivity contribution >= 4 is 36.8 Å². The molecule has 0 unspecified atom stereocenters. The molecule has 1 aromatic carbocycles. The summed E-state index contributed by atoms with van der Waals surface area (Å²) in [4.78, 5) is 55.2. The summed E-state index contributed by atoms with van der Waals surface area (Å²) in [6.07, 6.45) is 11.4. The lowest BCUT2D eigenvalue weighted by atomic mass is 9.90. The number of methoxy groups -OCH3 is 1. The number of hydrogen-bond donors (Lipinski definition) is 1. The molecule has 0 radical (unpaired) electrons. The van der Waals surface area contributed by atoms with Crippen molar-refractivity contribution in [1.82, 2.24) is 29.7 Å². The van der Waals surface area contributed by atoms with Gasteiger partial charge in [0, 0.05) is 63.7 Å². The van der Waals surface area contributed by atoms with Crippen LogP contribution in [0.4, 0.5) is 4.79 Å². The van der Waals surface area contributed by atoms with Gasteiger partial charge in [-0.15, -0.1) is 0 Å². The quantitative estimate of drug-likeness (QED) is 0.0761. The standard InChI is InChI=1S/C44H62N6O7Si/c1-9-32(51)13-11-10-12-14-35(47-39(52)34-27-44(34)17-20-49(21-18-44)42(53)57-43(2,3)4)38-46-37(28-50(38)29-55-23-24-58(6,7)8)33-25-30-15-16-31(40-45-19-22-56-40)26-36(30)48-41(33)54-5/h15-16,19,22,25-26,28,34-35H,9-14,17-18,20-21,23-24,27,29H2,1-8H3,(H,47,52)/t34-,35+/m1/s1. The fraction of sp³-hybridized carbons (Fsp3) is 0.591. The summed E-state index contributed by atoms with van der Waals surface area (Å²) in [6.45, 7) is 16.6. The maximum Gasteiger partial charge on any atom is 0.410 e. The van der Waals surface area contributed by atoms with Gasteiger partial charge < -0.3 is 33.4 Å². The smallest absolute Gasteiger partial charge is 0.410 e. The molecule has 6 rings (SSSR count). The number of aromatic nitrogens is 4. The van der Waals surface area contributed by atoms with Crippen molar-refractivity contribution in [2.45, 2.75) is 130 Å². The molecule has 13 nitrogen and oxygen atoms in total. The Morgan fingerprint density at radius 2 is 1.84 bits per heavy atom. The van der Waals surface area contributed by atoms with Crippen LogP contribution in [0.2, 0.25) is 25.7 Å². The molecule has 1 saturated carbocycles. The van der Waals surface area contributed by atoms with E-state index in [1.165, 1.54) is 0 Å². The number of nitrogens with one attached hydrogen (secondary N) is 1. The van der Waals surface area contributed by atoms with E-state index in [-0.39, 0.29) is 35.8 Å². The summed E-state index contributed by atoms with van der Waals surface area (Å²) in [5, 5.41) is 4.34. The van der Waals surface area contributed by atoms with Crippen LogP contribution < -0.4 is 10.1 Å². The molecule has 2 amide bonds. The molecule has 1 aliphatic heterocycles. The highest BCUT2D eigenvalue weighted by atomic mass is 28.3. The number of ketones is 1. The third kappa shape index (κ3) is 10.9. The SMILES string of the molecule is CCC(=O)CCCCC[C@H](NC(=O)[C@H]1CC12CCN(C(=O)OC(C)(C)C)CC2)c1nc(-c2cc3ccc(-c4ncco4)cc3nc2OC)cn1COCC[Si](C)(C)C. The predicted octanol–water partition coefficient (Wildman–Crippen LogP) is 9.20. The van der Waals surface area contributed by atoms with Gasteiger partial charge in [0.05, 0.1) is 36.1 Å². The number of carbonyl (C=O) groups excluding carboxylic acids is 3. The summed E-state index contributed by atoms with van der Waals surface area (Å²) in [7, 11) is 0.262. The number of carbonyl (C=O) groups is 3. The Hall–Kier alpha value is -4.56. The molecule has 14 heteroatoms. The number of likely N-dealkylation sites (tertiary alicyclic amines) is 1. The van der Waals surface area contributed by atoms with Gasteiger partial charge in [-0.05, 0) is 82.5 Å². The molecular weight excluding hydrogens is 753 g/mol. The van der Waals surface area contributed by atoms with E-state index in [2.05, 4.69) is 29.9 Å². The van der Waals surface area contributed by atoms with Crippen LogP contribution in [0.3, 0.4) is 0 Å². The number of imidazole rings is 1. The average Bonchev–Trinajstić information content (AvgIpc) is 3.48. The van der Waals surface area contributed by atoms with Crippen molar-refractivity contribution in [3.8, 4) is 28.6 Å². The van der Waals surface area contributed by atoms with Crippen LogP contribution in [0.15, 0.2) is 47.3 Å². The number of pyridine rings is 1. The molecule has 3 aromatic heterocycles. The van der Waals surface area contributed by atoms with Crippen molar-refractivity contribution in [2.75, 3.05) is 26.8 Å². The number of hydrogen-bond acceptors (Lipinski definition) is 10. The van der Waals surface area contributed by atoms with E-state index in [0.29, 0.717) is 62.2 Å². The number of amides is 2. The lowest BCUT2D eigenvalue weighted by Crippen LogP contribution is -2.43. The first-order valence-corrected chi connectivity index (χ1v) is 24.6. The highest BCUT2D eigenvalue weighted by molar-refractivity contribution is 6.76. The fourth-order valence-corrected chi connectivity index (χ4v) is 8.52. The fourth-order valence-electron chi connectivity index (χ4n) is 7.76. The number of benzene rings is 1. The monoisotopic (exact) mass is 814 g/mol. The van der Waals surface area contributed by atoms with Gasteiger partial charge >= 0.3 is 6.09 Å². The lowest BCUT2D eigenvalue weighted by molar-refractivity contribution is -0.124. The Labute approximate surface area is 343 Å². The average molecular weight is 815 g/mol. The van der Waals surface area contributed by atoms with Crippen LogP contribution in [0.1, 0.15) is 97.3 Å². The molecule has 1 spiro atoms. The first-order chi connectivity index (χ1) is 27.6. The lowest BCUT2D eigenvalue weighted by Gasteiger charge is -2.34. The molecule has 1 saturated heterocycles. The van der Waals surface area contributed by atoms with Gasteiger partial charge in [0.25, 0.3) is 0 Å². The van der Waals surface area contributed by atoms with Crippen molar-refractivity contribution in [3.05, 3.63) is 48.7 Å². The second-order valence-electron chi connectivity index (χ2n) is 18.2. The molecule has 1 N–H and O–H groups in total. The van der Waals surface area contributed by atoms with E-state index < -0.39 is 19.7 Å². The van der Waals surface area contributed by atoms with Gasteiger partial charge in [-0.3, -0.25) is 9.59 Å². The van der Waals surface area contributed by atoms with Crippen LogP contribution in [0.5, 0.6) is 5.88 Å². The van der Waals surface area contributed by atoms with E-state index >= 15 is 0 Å². The predicted molar refractivity (Wildman–Crippen MR) is 226 cm³/mol. The summed E-state index contributed by atoms with van der Waals surface area (Å²) in [6, 6.07) is 8.51. The van der Waals surface area contributed by atoms with Gasteiger partial charge in [-0.25, -0.2) is 19.7 Å². The first kappa shape index (κ1) is 43.0. The Morgan fingerprint density at radius 1 is 1.07 bits per heavy atom. The first-order valence-electron chi connectivity index (χ1n) is 20.9. The minimum absolute atomic E-state index is 0.0134. The Bertz CT molecular complexity index is 2040. The highest BCUT2D eigenvalue weighted by Crippen LogP contribution is 2.59. The number of rotatable bonds is 18. The number of oxazole rings is 1. The molecular formula is C44H62N6O7Si. The van der Waals surface area contributed by atoms with Crippen LogP contribution >= 0.6 is 0 Å². The zero-order valence-corrected chi connectivity index (χ0v) is 36.7.